The van der Waals surface area contributed by atoms with Crippen molar-refractivity contribution in [3.63, 3.8) is 0 Å². The molecule has 0 saturated heterocycles. The first-order valence-corrected chi connectivity index (χ1v) is 6.82. The number of nitrogens with one attached hydrogen (secondary N) is 1. The molecule has 1 aromatic heterocycles. The van der Waals surface area contributed by atoms with Crippen LogP contribution >= 0.6 is 23.8 Å². The largest absolute Gasteiger partial charge is 0.334 e. The number of halogens is 1. The fourth-order valence-corrected chi connectivity index (χ4v) is 2.41. The molecule has 0 bridgehead atoms. The summed E-state index contributed by atoms with van der Waals surface area (Å²) >= 11 is 11.1. The van der Waals surface area contributed by atoms with Crippen molar-refractivity contribution < 1.29 is 0 Å². The van der Waals surface area contributed by atoms with Crippen LogP contribution in [0.1, 0.15) is 25.2 Å². The highest BCUT2D eigenvalue weighted by Gasteiger charge is 2.11. The quantitative estimate of drug-likeness (QED) is 0.832. The van der Waals surface area contributed by atoms with Gasteiger partial charge in [-0.05, 0) is 42.8 Å². The molecule has 1 aromatic carbocycles. The average Bonchev–Trinajstić information content (AvgIpc) is 2.39. The van der Waals surface area contributed by atoms with E-state index in [1.165, 1.54) is 0 Å². The molecule has 0 radical (unpaired) electrons. The summed E-state index contributed by atoms with van der Waals surface area (Å²) in [6, 6.07) is 7.85. The summed E-state index contributed by atoms with van der Waals surface area (Å²) in [4.78, 5) is 7.61. The Bertz CT molecular complexity index is 574. The first-order valence-electron chi connectivity index (χ1n) is 6.03. The second kappa shape index (κ2) is 5.63. The minimum absolute atomic E-state index is 0.557. The Hall–Kier alpha value is -1.19. The smallest absolute Gasteiger partial charge is 0.197 e. The minimum atomic E-state index is 0.557. The standard InChI is InChI=1S/C14H15ClN2S/c1-3-11-13(9-5-7-10(15)8-6-9)12(4-2)17-14(18)16-11/h5-8H,3-4H2,1-2H3,(H,16,17,18). The van der Waals surface area contributed by atoms with E-state index < -0.39 is 0 Å². The first kappa shape index (κ1) is 13.2. The Labute approximate surface area is 117 Å². The fraction of sp³-hybridized carbons (Fsp3) is 0.286. The molecule has 0 atom stereocenters. The molecule has 0 unspecified atom stereocenters. The Morgan fingerprint density at radius 3 is 2.39 bits per heavy atom. The van der Waals surface area contributed by atoms with Gasteiger partial charge in [-0.3, -0.25) is 0 Å². The lowest BCUT2D eigenvalue weighted by Crippen LogP contribution is -2.02. The number of hydrogen-bond donors (Lipinski definition) is 1. The minimum Gasteiger partial charge on any atom is -0.334 e. The normalized spacial score (nSPS) is 10.6. The Kier molecular flexibility index (Phi) is 4.15. The lowest BCUT2D eigenvalue weighted by molar-refractivity contribution is 0.928. The van der Waals surface area contributed by atoms with Crippen LogP contribution < -0.4 is 0 Å². The van der Waals surface area contributed by atoms with Gasteiger partial charge in [0.1, 0.15) is 0 Å². The maximum atomic E-state index is 5.93. The lowest BCUT2D eigenvalue weighted by Gasteiger charge is -2.12. The van der Waals surface area contributed by atoms with Crippen molar-refractivity contribution in [2.75, 3.05) is 0 Å². The van der Waals surface area contributed by atoms with Gasteiger partial charge in [0.15, 0.2) is 4.77 Å². The third kappa shape index (κ3) is 2.62. The number of hydrogen-bond acceptors (Lipinski definition) is 2. The Balaban J connectivity index is 2.68. The molecule has 0 amide bonds. The van der Waals surface area contributed by atoms with Gasteiger partial charge in [0, 0.05) is 16.3 Å². The van der Waals surface area contributed by atoms with Crippen LogP contribution in [0, 0.1) is 4.77 Å². The van der Waals surface area contributed by atoms with Crippen LogP contribution in [0.2, 0.25) is 5.02 Å². The maximum Gasteiger partial charge on any atom is 0.197 e. The van der Waals surface area contributed by atoms with E-state index in [2.05, 4.69) is 23.8 Å². The molecule has 2 nitrogen and oxygen atoms in total. The first-order chi connectivity index (χ1) is 8.65. The zero-order valence-corrected chi connectivity index (χ0v) is 12.0. The summed E-state index contributed by atoms with van der Waals surface area (Å²) in [7, 11) is 0. The topological polar surface area (TPSA) is 28.7 Å². The molecule has 0 saturated carbocycles. The molecule has 1 heterocycles. The lowest BCUT2D eigenvalue weighted by atomic mass is 9.99. The zero-order valence-electron chi connectivity index (χ0n) is 10.5. The van der Waals surface area contributed by atoms with E-state index >= 15 is 0 Å². The van der Waals surface area contributed by atoms with Crippen LogP contribution in [0.3, 0.4) is 0 Å². The molecule has 94 valence electrons. The van der Waals surface area contributed by atoms with Gasteiger partial charge in [-0.2, -0.15) is 0 Å². The van der Waals surface area contributed by atoms with E-state index in [-0.39, 0.29) is 0 Å². The number of aryl methyl sites for hydroxylation is 2. The maximum absolute atomic E-state index is 5.93. The van der Waals surface area contributed by atoms with E-state index in [9.17, 15) is 0 Å². The van der Waals surface area contributed by atoms with Gasteiger partial charge in [-0.1, -0.05) is 37.6 Å². The van der Waals surface area contributed by atoms with Crippen LogP contribution in [-0.2, 0) is 12.8 Å². The van der Waals surface area contributed by atoms with Gasteiger partial charge in [-0.15, -0.1) is 0 Å². The monoisotopic (exact) mass is 278 g/mol. The van der Waals surface area contributed by atoms with E-state index in [1.54, 1.807) is 0 Å². The molecule has 18 heavy (non-hydrogen) atoms. The van der Waals surface area contributed by atoms with Crippen molar-refractivity contribution in [2.45, 2.75) is 26.7 Å². The van der Waals surface area contributed by atoms with Crippen LogP contribution in [0.4, 0.5) is 0 Å². The van der Waals surface area contributed by atoms with Crippen molar-refractivity contribution in [1.29, 1.82) is 0 Å². The van der Waals surface area contributed by atoms with Crippen LogP contribution in [-0.4, -0.2) is 9.97 Å². The van der Waals surface area contributed by atoms with Crippen LogP contribution in [0.25, 0.3) is 11.1 Å². The Morgan fingerprint density at radius 1 is 1.17 bits per heavy atom. The van der Waals surface area contributed by atoms with Gasteiger partial charge >= 0.3 is 0 Å². The molecule has 0 aliphatic rings. The molecule has 4 heteroatoms. The third-order valence-electron chi connectivity index (χ3n) is 2.91. The molecule has 0 aliphatic heterocycles. The molecule has 0 aliphatic carbocycles. The van der Waals surface area contributed by atoms with E-state index in [0.717, 1.165) is 40.4 Å². The summed E-state index contributed by atoms with van der Waals surface area (Å²) < 4.78 is 0.557. The third-order valence-corrected chi connectivity index (χ3v) is 3.35. The number of rotatable bonds is 3. The molecule has 2 aromatic rings. The Morgan fingerprint density at radius 2 is 1.83 bits per heavy atom. The second-order valence-corrected chi connectivity index (χ2v) is 4.88. The van der Waals surface area contributed by atoms with E-state index in [1.807, 2.05) is 24.3 Å². The van der Waals surface area contributed by atoms with Gasteiger partial charge < -0.3 is 4.98 Å². The molecule has 2 rings (SSSR count). The number of nitrogens with zero attached hydrogens (tertiary/aromatic N) is 1. The van der Waals surface area contributed by atoms with Gasteiger partial charge in [-0.25, -0.2) is 4.98 Å². The number of H-pyrrole nitrogens is 1. The predicted octanol–water partition coefficient (Wildman–Crippen LogP) is 4.58. The molecule has 0 fully saturated rings. The highest BCUT2D eigenvalue weighted by Crippen LogP contribution is 2.27. The number of benzene rings is 1. The predicted molar refractivity (Wildman–Crippen MR) is 78.6 cm³/mol. The number of aromatic amines is 1. The summed E-state index contributed by atoms with van der Waals surface area (Å²) in [6.07, 6.45) is 1.76. The van der Waals surface area contributed by atoms with Crippen molar-refractivity contribution >= 4 is 23.8 Å². The SMILES string of the molecule is CCc1nc(=S)[nH]c(CC)c1-c1ccc(Cl)cc1. The van der Waals surface area contributed by atoms with Gasteiger partial charge in [0.05, 0.1) is 5.69 Å². The highest BCUT2D eigenvalue weighted by atomic mass is 35.5. The van der Waals surface area contributed by atoms with Crippen molar-refractivity contribution in [3.05, 3.63) is 45.4 Å². The summed E-state index contributed by atoms with van der Waals surface area (Å²) in [5.41, 5.74) is 4.46. The fourth-order valence-electron chi connectivity index (χ4n) is 2.05. The second-order valence-electron chi connectivity index (χ2n) is 4.06. The molecular formula is C14H15ClN2S. The molecule has 0 spiro atoms. The van der Waals surface area contributed by atoms with Crippen molar-refractivity contribution in [1.82, 2.24) is 9.97 Å². The molecule has 1 N–H and O–H groups in total. The van der Waals surface area contributed by atoms with Crippen LogP contribution in [0.5, 0.6) is 0 Å². The average molecular weight is 279 g/mol. The van der Waals surface area contributed by atoms with E-state index in [4.69, 9.17) is 23.8 Å². The van der Waals surface area contributed by atoms with Crippen molar-refractivity contribution in [3.8, 4) is 11.1 Å². The van der Waals surface area contributed by atoms with Crippen molar-refractivity contribution in [2.24, 2.45) is 0 Å². The number of aromatic nitrogens is 2. The van der Waals surface area contributed by atoms with Gasteiger partial charge in [0.2, 0.25) is 0 Å². The van der Waals surface area contributed by atoms with Gasteiger partial charge in [0.25, 0.3) is 0 Å². The van der Waals surface area contributed by atoms with E-state index in [0.29, 0.717) is 4.77 Å². The summed E-state index contributed by atoms with van der Waals surface area (Å²) in [5.74, 6) is 0. The zero-order chi connectivity index (χ0) is 13.1. The summed E-state index contributed by atoms with van der Waals surface area (Å²) in [5, 5.41) is 0.742. The van der Waals surface area contributed by atoms with Crippen LogP contribution in [0.15, 0.2) is 24.3 Å². The molecular weight excluding hydrogens is 264 g/mol. The summed E-state index contributed by atoms with van der Waals surface area (Å²) in [6.45, 7) is 4.20. The highest BCUT2D eigenvalue weighted by molar-refractivity contribution is 7.71.